The molecule has 0 amide bonds. The maximum absolute atomic E-state index is 5.76. The predicted molar refractivity (Wildman–Crippen MR) is 78.4 cm³/mol. The molecule has 4 heteroatoms. The van der Waals surface area contributed by atoms with E-state index in [1.807, 2.05) is 18.2 Å². The third kappa shape index (κ3) is 2.89. The molecule has 0 aliphatic rings. The van der Waals surface area contributed by atoms with Crippen LogP contribution in [0.25, 0.3) is 0 Å². The molecule has 0 saturated heterocycles. The number of hydrogen-bond acceptors (Lipinski definition) is 3. The lowest BCUT2D eigenvalue weighted by atomic mass is 10.1. The summed E-state index contributed by atoms with van der Waals surface area (Å²) in [6.07, 6.45) is 3.60. The van der Waals surface area contributed by atoms with Crippen LogP contribution in [-0.4, -0.2) is 12.0 Å². The Morgan fingerprint density at radius 1 is 1.22 bits per heavy atom. The first-order valence-electron chi connectivity index (χ1n) is 5.80. The van der Waals surface area contributed by atoms with Gasteiger partial charge in [-0.05, 0) is 33.1 Å². The fourth-order valence-electron chi connectivity index (χ4n) is 1.93. The molecule has 2 rings (SSSR count). The number of benzene rings is 1. The van der Waals surface area contributed by atoms with Crippen molar-refractivity contribution in [1.29, 1.82) is 0 Å². The van der Waals surface area contributed by atoms with Crippen molar-refractivity contribution in [3.8, 4) is 0 Å². The molecule has 1 aromatic carbocycles. The lowest BCUT2D eigenvalue weighted by Gasteiger charge is -2.21. The van der Waals surface area contributed by atoms with Crippen molar-refractivity contribution >= 4 is 21.6 Å². The zero-order valence-corrected chi connectivity index (χ0v) is 11.9. The summed E-state index contributed by atoms with van der Waals surface area (Å²) in [7, 11) is 2.06. The molecule has 0 spiro atoms. The standard InChI is InChI=1S/C14H16BrN3/c1-18(14-6-7-17-9-13(14)15)10-12-5-3-2-4-11(12)8-16/h2-7,9H,8,10,16H2,1H3. The van der Waals surface area contributed by atoms with Gasteiger partial charge in [-0.3, -0.25) is 4.98 Å². The van der Waals surface area contributed by atoms with E-state index in [1.54, 1.807) is 12.4 Å². The van der Waals surface area contributed by atoms with Crippen LogP contribution in [0.3, 0.4) is 0 Å². The van der Waals surface area contributed by atoms with Gasteiger partial charge < -0.3 is 10.6 Å². The Kier molecular flexibility index (Phi) is 4.33. The van der Waals surface area contributed by atoms with Gasteiger partial charge in [0.2, 0.25) is 0 Å². The van der Waals surface area contributed by atoms with Gasteiger partial charge in [0.25, 0.3) is 0 Å². The van der Waals surface area contributed by atoms with Crippen molar-refractivity contribution in [2.45, 2.75) is 13.1 Å². The van der Waals surface area contributed by atoms with Gasteiger partial charge in [-0.15, -0.1) is 0 Å². The highest BCUT2D eigenvalue weighted by molar-refractivity contribution is 9.10. The summed E-state index contributed by atoms with van der Waals surface area (Å²) < 4.78 is 0.998. The van der Waals surface area contributed by atoms with E-state index in [1.165, 1.54) is 11.1 Å². The summed E-state index contributed by atoms with van der Waals surface area (Å²) in [4.78, 5) is 6.26. The van der Waals surface area contributed by atoms with Crippen molar-refractivity contribution in [2.75, 3.05) is 11.9 Å². The summed E-state index contributed by atoms with van der Waals surface area (Å²) in [6.45, 7) is 1.40. The highest BCUT2D eigenvalue weighted by Gasteiger charge is 2.08. The monoisotopic (exact) mass is 305 g/mol. The van der Waals surface area contributed by atoms with Crippen molar-refractivity contribution < 1.29 is 0 Å². The quantitative estimate of drug-likeness (QED) is 0.944. The van der Waals surface area contributed by atoms with Crippen LogP contribution in [0.1, 0.15) is 11.1 Å². The minimum absolute atomic E-state index is 0.571. The molecule has 1 heterocycles. The van der Waals surface area contributed by atoms with E-state index in [0.29, 0.717) is 6.54 Å². The number of nitrogens with zero attached hydrogens (tertiary/aromatic N) is 2. The summed E-state index contributed by atoms with van der Waals surface area (Å²) in [5.74, 6) is 0. The molecule has 0 saturated carbocycles. The van der Waals surface area contributed by atoms with Crippen molar-refractivity contribution in [3.05, 3.63) is 58.3 Å². The average molecular weight is 306 g/mol. The maximum atomic E-state index is 5.76. The van der Waals surface area contributed by atoms with Crippen LogP contribution in [0.15, 0.2) is 47.2 Å². The molecule has 0 atom stereocenters. The van der Waals surface area contributed by atoms with E-state index in [9.17, 15) is 0 Å². The van der Waals surface area contributed by atoms with Gasteiger partial charge in [0.1, 0.15) is 0 Å². The molecule has 1 aromatic heterocycles. The van der Waals surface area contributed by atoms with Gasteiger partial charge in [-0.1, -0.05) is 24.3 Å². The molecule has 2 N–H and O–H groups in total. The highest BCUT2D eigenvalue weighted by atomic mass is 79.9. The minimum atomic E-state index is 0.571. The zero-order valence-electron chi connectivity index (χ0n) is 10.3. The molecule has 0 unspecified atom stereocenters. The van der Waals surface area contributed by atoms with Crippen LogP contribution in [0, 0.1) is 0 Å². The van der Waals surface area contributed by atoms with Gasteiger partial charge in [0.05, 0.1) is 10.2 Å². The zero-order chi connectivity index (χ0) is 13.0. The lowest BCUT2D eigenvalue weighted by Crippen LogP contribution is -2.18. The first-order valence-corrected chi connectivity index (χ1v) is 6.59. The fraction of sp³-hybridized carbons (Fsp3) is 0.214. The van der Waals surface area contributed by atoms with Crippen molar-refractivity contribution in [1.82, 2.24) is 4.98 Å². The van der Waals surface area contributed by atoms with E-state index < -0.39 is 0 Å². The fourth-order valence-corrected chi connectivity index (χ4v) is 2.48. The number of rotatable bonds is 4. The Hall–Kier alpha value is -1.39. The molecule has 3 nitrogen and oxygen atoms in total. The molecule has 0 bridgehead atoms. The Balaban J connectivity index is 2.21. The van der Waals surface area contributed by atoms with Crippen LogP contribution >= 0.6 is 15.9 Å². The van der Waals surface area contributed by atoms with E-state index in [2.05, 4.69) is 45.0 Å². The first-order chi connectivity index (χ1) is 8.72. The van der Waals surface area contributed by atoms with Gasteiger partial charge in [0, 0.05) is 32.5 Å². The largest absolute Gasteiger partial charge is 0.369 e. The third-order valence-electron chi connectivity index (χ3n) is 2.91. The molecule has 0 fully saturated rings. The number of halogens is 1. The predicted octanol–water partition coefficient (Wildman–Crippen LogP) is 2.94. The Morgan fingerprint density at radius 2 is 1.94 bits per heavy atom. The van der Waals surface area contributed by atoms with E-state index in [0.717, 1.165) is 16.7 Å². The summed E-state index contributed by atoms with van der Waals surface area (Å²) >= 11 is 3.52. The van der Waals surface area contributed by atoms with Crippen LogP contribution in [0.5, 0.6) is 0 Å². The van der Waals surface area contributed by atoms with Crippen LogP contribution in [-0.2, 0) is 13.1 Å². The lowest BCUT2D eigenvalue weighted by molar-refractivity contribution is 0.891. The maximum Gasteiger partial charge on any atom is 0.0592 e. The minimum Gasteiger partial charge on any atom is -0.369 e. The van der Waals surface area contributed by atoms with Crippen molar-refractivity contribution in [2.24, 2.45) is 5.73 Å². The van der Waals surface area contributed by atoms with Gasteiger partial charge in [0.15, 0.2) is 0 Å². The van der Waals surface area contributed by atoms with Crippen LogP contribution < -0.4 is 10.6 Å². The summed E-state index contributed by atoms with van der Waals surface area (Å²) in [5.41, 5.74) is 9.32. The van der Waals surface area contributed by atoms with E-state index in [4.69, 9.17) is 5.73 Å². The van der Waals surface area contributed by atoms with Crippen LogP contribution in [0.4, 0.5) is 5.69 Å². The third-order valence-corrected chi connectivity index (χ3v) is 3.52. The smallest absolute Gasteiger partial charge is 0.0592 e. The summed E-state index contributed by atoms with van der Waals surface area (Å²) in [6, 6.07) is 10.3. The second kappa shape index (κ2) is 5.98. The number of aromatic nitrogens is 1. The Bertz CT molecular complexity index is 528. The second-order valence-electron chi connectivity index (χ2n) is 4.16. The Labute approximate surface area is 116 Å². The number of hydrogen-bond donors (Lipinski definition) is 1. The van der Waals surface area contributed by atoms with Crippen molar-refractivity contribution in [3.63, 3.8) is 0 Å². The van der Waals surface area contributed by atoms with Gasteiger partial charge in [-0.2, -0.15) is 0 Å². The average Bonchev–Trinajstić information content (AvgIpc) is 2.39. The van der Waals surface area contributed by atoms with E-state index >= 15 is 0 Å². The topological polar surface area (TPSA) is 42.1 Å². The van der Waals surface area contributed by atoms with Crippen LogP contribution in [0.2, 0.25) is 0 Å². The summed E-state index contributed by atoms with van der Waals surface area (Å²) in [5, 5.41) is 0. The normalized spacial score (nSPS) is 10.4. The molecule has 0 aliphatic heterocycles. The number of pyridine rings is 1. The number of anilines is 1. The molecule has 2 aromatic rings. The second-order valence-corrected chi connectivity index (χ2v) is 5.01. The van der Waals surface area contributed by atoms with Gasteiger partial charge in [-0.25, -0.2) is 0 Å². The SMILES string of the molecule is CN(Cc1ccccc1CN)c1ccncc1Br. The molecule has 18 heavy (non-hydrogen) atoms. The number of nitrogens with two attached hydrogens (primary N) is 1. The molecular weight excluding hydrogens is 290 g/mol. The Morgan fingerprint density at radius 3 is 2.61 bits per heavy atom. The van der Waals surface area contributed by atoms with Gasteiger partial charge >= 0.3 is 0 Å². The molecule has 0 aliphatic carbocycles. The highest BCUT2D eigenvalue weighted by Crippen LogP contribution is 2.25. The molecular formula is C14H16BrN3. The molecule has 94 valence electrons. The molecule has 0 radical (unpaired) electrons. The van der Waals surface area contributed by atoms with E-state index in [-0.39, 0.29) is 0 Å². The first kappa shape index (κ1) is 13.1.